The van der Waals surface area contributed by atoms with Crippen LogP contribution in [0.3, 0.4) is 0 Å². The van der Waals surface area contributed by atoms with Crippen molar-refractivity contribution in [3.63, 3.8) is 0 Å². The van der Waals surface area contributed by atoms with Crippen LogP contribution in [0.4, 0.5) is 0 Å². The minimum absolute atomic E-state index is 0.162. The van der Waals surface area contributed by atoms with Gasteiger partial charge in [-0.25, -0.2) is 14.6 Å². The van der Waals surface area contributed by atoms with Crippen molar-refractivity contribution >= 4 is 23.0 Å². The summed E-state index contributed by atoms with van der Waals surface area (Å²) in [6.45, 7) is 3.09. The molecule has 2 rings (SSSR count). The van der Waals surface area contributed by atoms with Crippen molar-refractivity contribution in [1.82, 2.24) is 14.8 Å². The molecule has 2 aromatic rings. The number of fused-ring (bicyclic) bond motifs is 1. The number of aromatic nitrogens is 3. The zero-order valence-corrected chi connectivity index (χ0v) is 10.1. The fraction of sp³-hybridized carbons (Fsp3) is 0.273. The minimum Gasteiger partial charge on any atom is -0.478 e. The molecule has 0 atom stereocenters. The Morgan fingerprint density at radius 3 is 2.11 bits per heavy atom. The lowest BCUT2D eigenvalue weighted by Crippen LogP contribution is -2.13. The van der Waals surface area contributed by atoms with Crippen LogP contribution >= 0.6 is 0 Å². The zero-order chi connectivity index (χ0) is 13.6. The van der Waals surface area contributed by atoms with Crippen LogP contribution < -0.4 is 0 Å². The van der Waals surface area contributed by atoms with Crippen LogP contribution in [0, 0.1) is 13.8 Å². The molecular formula is C11H11N3O4. The highest BCUT2D eigenvalue weighted by atomic mass is 16.4. The summed E-state index contributed by atoms with van der Waals surface area (Å²) in [5.74, 6) is -2.60. The molecule has 0 saturated carbocycles. The van der Waals surface area contributed by atoms with Gasteiger partial charge in [0.05, 0.1) is 27.9 Å². The molecule has 7 heteroatoms. The van der Waals surface area contributed by atoms with Crippen molar-refractivity contribution in [3.05, 3.63) is 22.5 Å². The molecule has 0 radical (unpaired) electrons. The Morgan fingerprint density at radius 1 is 1.06 bits per heavy atom. The summed E-state index contributed by atoms with van der Waals surface area (Å²) in [5, 5.41) is 22.7. The zero-order valence-electron chi connectivity index (χ0n) is 10.1. The average molecular weight is 249 g/mol. The van der Waals surface area contributed by atoms with Gasteiger partial charge in [0.15, 0.2) is 5.65 Å². The van der Waals surface area contributed by atoms with Crippen LogP contribution in [0.2, 0.25) is 0 Å². The Hall–Kier alpha value is -2.44. The molecule has 0 spiro atoms. The molecule has 2 N–H and O–H groups in total. The van der Waals surface area contributed by atoms with Crippen molar-refractivity contribution in [2.45, 2.75) is 13.8 Å². The van der Waals surface area contributed by atoms with E-state index >= 15 is 0 Å². The van der Waals surface area contributed by atoms with Gasteiger partial charge < -0.3 is 10.2 Å². The summed E-state index contributed by atoms with van der Waals surface area (Å²) in [7, 11) is 1.63. The van der Waals surface area contributed by atoms with Crippen molar-refractivity contribution in [2.24, 2.45) is 7.05 Å². The Kier molecular flexibility index (Phi) is 2.54. The van der Waals surface area contributed by atoms with Gasteiger partial charge in [-0.15, -0.1) is 0 Å². The number of aromatic carboxylic acids is 2. The maximum Gasteiger partial charge on any atom is 0.338 e. The van der Waals surface area contributed by atoms with E-state index in [-0.39, 0.29) is 22.2 Å². The molecule has 0 bridgehead atoms. The van der Waals surface area contributed by atoms with E-state index < -0.39 is 11.9 Å². The van der Waals surface area contributed by atoms with Gasteiger partial charge in [-0.1, -0.05) is 0 Å². The molecule has 0 amide bonds. The highest BCUT2D eigenvalue weighted by Crippen LogP contribution is 2.25. The molecule has 0 aromatic carbocycles. The van der Waals surface area contributed by atoms with E-state index in [1.165, 1.54) is 11.6 Å². The summed E-state index contributed by atoms with van der Waals surface area (Å²) in [5.41, 5.74) is 0.435. The van der Waals surface area contributed by atoms with Crippen molar-refractivity contribution in [2.75, 3.05) is 0 Å². The fourth-order valence-electron chi connectivity index (χ4n) is 2.06. The number of hydrogen-bond donors (Lipinski definition) is 2. The molecule has 2 aromatic heterocycles. The number of carbonyl (C=O) groups is 2. The number of pyridine rings is 1. The largest absolute Gasteiger partial charge is 0.478 e. The lowest BCUT2D eigenvalue weighted by atomic mass is 10.0. The summed E-state index contributed by atoms with van der Waals surface area (Å²) in [4.78, 5) is 26.6. The number of carboxylic acids is 2. The Balaban J connectivity index is 3.07. The maximum atomic E-state index is 11.3. The number of rotatable bonds is 2. The van der Waals surface area contributed by atoms with Crippen LogP contribution in [0.15, 0.2) is 0 Å². The third-order valence-corrected chi connectivity index (χ3v) is 2.76. The summed E-state index contributed by atoms with van der Waals surface area (Å²) >= 11 is 0. The molecule has 0 saturated heterocycles. The van der Waals surface area contributed by atoms with E-state index in [2.05, 4.69) is 10.1 Å². The first-order valence-electron chi connectivity index (χ1n) is 5.15. The highest BCUT2D eigenvalue weighted by Gasteiger charge is 2.26. The molecule has 7 nitrogen and oxygen atoms in total. The van der Waals surface area contributed by atoms with Crippen molar-refractivity contribution in [3.8, 4) is 0 Å². The SMILES string of the molecule is Cc1nc2c(c(C)nn2C)c(C(=O)O)c1C(=O)O. The number of hydrogen-bond acceptors (Lipinski definition) is 4. The van der Waals surface area contributed by atoms with Gasteiger partial charge in [-0.05, 0) is 13.8 Å². The van der Waals surface area contributed by atoms with Crippen LogP contribution in [-0.4, -0.2) is 36.9 Å². The fourth-order valence-corrected chi connectivity index (χ4v) is 2.06. The average Bonchev–Trinajstić information content (AvgIpc) is 2.51. The molecule has 94 valence electrons. The van der Waals surface area contributed by atoms with E-state index in [1.807, 2.05) is 0 Å². The van der Waals surface area contributed by atoms with E-state index in [0.717, 1.165) is 0 Å². The normalized spacial score (nSPS) is 10.8. The molecule has 0 aliphatic carbocycles. The van der Waals surface area contributed by atoms with Gasteiger partial charge in [-0.3, -0.25) is 4.68 Å². The van der Waals surface area contributed by atoms with Crippen LogP contribution in [0.5, 0.6) is 0 Å². The second-order valence-corrected chi connectivity index (χ2v) is 3.97. The van der Waals surface area contributed by atoms with Gasteiger partial charge in [0.1, 0.15) is 0 Å². The third kappa shape index (κ3) is 1.52. The number of carboxylic acid groups (broad SMARTS) is 2. The lowest BCUT2D eigenvalue weighted by molar-refractivity contribution is 0.0652. The maximum absolute atomic E-state index is 11.3. The molecule has 18 heavy (non-hydrogen) atoms. The Bertz CT molecular complexity index is 687. The van der Waals surface area contributed by atoms with Gasteiger partial charge in [0.2, 0.25) is 0 Å². The second kappa shape index (κ2) is 3.80. The Morgan fingerprint density at radius 2 is 1.61 bits per heavy atom. The monoisotopic (exact) mass is 249 g/mol. The standard InChI is InChI=1S/C11H11N3O4/c1-4-7(10(15)16)8(11(17)18)6-5(2)13-14(3)9(6)12-4/h1-3H3,(H,15,16)(H,17,18). The van der Waals surface area contributed by atoms with E-state index in [9.17, 15) is 14.7 Å². The van der Waals surface area contributed by atoms with E-state index in [1.54, 1.807) is 14.0 Å². The minimum atomic E-state index is -1.30. The quantitative estimate of drug-likeness (QED) is 0.821. The smallest absolute Gasteiger partial charge is 0.338 e. The van der Waals surface area contributed by atoms with Gasteiger partial charge in [0.25, 0.3) is 0 Å². The summed E-state index contributed by atoms with van der Waals surface area (Å²) < 4.78 is 1.44. The topological polar surface area (TPSA) is 105 Å². The number of aryl methyl sites for hydroxylation is 3. The van der Waals surface area contributed by atoms with Gasteiger partial charge in [-0.2, -0.15) is 5.10 Å². The molecule has 0 unspecified atom stereocenters. The predicted molar refractivity (Wildman–Crippen MR) is 61.9 cm³/mol. The highest BCUT2D eigenvalue weighted by molar-refractivity contribution is 6.11. The molecule has 2 heterocycles. The first-order chi connectivity index (χ1) is 8.34. The van der Waals surface area contributed by atoms with Crippen LogP contribution in [0.1, 0.15) is 32.1 Å². The summed E-state index contributed by atoms with van der Waals surface area (Å²) in [6, 6.07) is 0. The molecule has 0 aliphatic heterocycles. The number of nitrogens with zero attached hydrogens (tertiary/aromatic N) is 3. The molecule has 0 aliphatic rings. The lowest BCUT2D eigenvalue weighted by Gasteiger charge is -2.07. The second-order valence-electron chi connectivity index (χ2n) is 3.97. The van der Waals surface area contributed by atoms with Crippen LogP contribution in [0.25, 0.3) is 11.0 Å². The van der Waals surface area contributed by atoms with Gasteiger partial charge >= 0.3 is 11.9 Å². The first-order valence-corrected chi connectivity index (χ1v) is 5.15. The summed E-state index contributed by atoms with van der Waals surface area (Å²) in [6.07, 6.45) is 0. The third-order valence-electron chi connectivity index (χ3n) is 2.76. The molecule has 0 fully saturated rings. The van der Waals surface area contributed by atoms with Crippen LogP contribution in [-0.2, 0) is 7.05 Å². The van der Waals surface area contributed by atoms with Crippen molar-refractivity contribution in [1.29, 1.82) is 0 Å². The predicted octanol–water partition coefficient (Wildman–Crippen LogP) is 0.982. The molecular weight excluding hydrogens is 238 g/mol. The van der Waals surface area contributed by atoms with E-state index in [4.69, 9.17) is 5.11 Å². The Labute approximate surface area is 102 Å². The van der Waals surface area contributed by atoms with Crippen molar-refractivity contribution < 1.29 is 19.8 Å². The van der Waals surface area contributed by atoms with E-state index in [0.29, 0.717) is 11.3 Å². The van der Waals surface area contributed by atoms with Gasteiger partial charge in [0, 0.05) is 7.05 Å². The first kappa shape index (κ1) is 12.0.